The van der Waals surface area contributed by atoms with Gasteiger partial charge in [-0.25, -0.2) is 17.1 Å². The van der Waals surface area contributed by atoms with Crippen molar-refractivity contribution in [3.05, 3.63) is 52.1 Å². The molecule has 0 radical (unpaired) electrons. The molecule has 1 saturated heterocycles. The lowest BCUT2D eigenvalue weighted by Gasteiger charge is -2.30. The van der Waals surface area contributed by atoms with E-state index in [0.29, 0.717) is 65.3 Å². The van der Waals surface area contributed by atoms with Gasteiger partial charge in [0.25, 0.3) is 11.8 Å². The van der Waals surface area contributed by atoms with Crippen molar-refractivity contribution in [2.45, 2.75) is 32.7 Å². The highest BCUT2D eigenvalue weighted by molar-refractivity contribution is 7.88. The van der Waals surface area contributed by atoms with E-state index in [1.807, 2.05) is 0 Å². The summed E-state index contributed by atoms with van der Waals surface area (Å²) in [5.74, 6) is -1.02. The molecule has 0 aliphatic carbocycles. The van der Waals surface area contributed by atoms with Crippen LogP contribution in [0.2, 0.25) is 0 Å². The van der Waals surface area contributed by atoms with Crippen molar-refractivity contribution >= 4 is 39.2 Å². The van der Waals surface area contributed by atoms with Crippen LogP contribution in [0.25, 0.3) is 11.6 Å². The molecule has 2 aliphatic heterocycles. The van der Waals surface area contributed by atoms with Gasteiger partial charge in [-0.1, -0.05) is 0 Å². The zero-order chi connectivity index (χ0) is 23.2. The molecule has 0 bridgehead atoms. The maximum absolute atomic E-state index is 13.7. The van der Waals surface area contributed by atoms with Gasteiger partial charge in [-0.2, -0.15) is 0 Å². The molecule has 4 rings (SSSR count). The fourth-order valence-corrected chi connectivity index (χ4v) is 5.17. The molecule has 1 aromatic heterocycles. The van der Waals surface area contributed by atoms with E-state index < -0.39 is 15.8 Å². The molecule has 32 heavy (non-hydrogen) atoms. The van der Waals surface area contributed by atoms with Crippen LogP contribution in [0, 0.1) is 19.7 Å². The number of sulfonamides is 1. The summed E-state index contributed by atoms with van der Waals surface area (Å²) in [6, 6.07) is 3.99. The monoisotopic (exact) mass is 460 g/mol. The minimum absolute atomic E-state index is 0.119. The quantitative estimate of drug-likeness (QED) is 0.609. The second-order valence-electron chi connectivity index (χ2n) is 8.28. The van der Waals surface area contributed by atoms with E-state index >= 15 is 0 Å². The SMILES string of the molecule is Cc1[nH]c(/C=C2\C(=O)Nc3ccc(F)cc32)c(C)c1C(=O)NC1CCN(S(C)(=O)=O)CC1. The number of H-pyrrole nitrogens is 1. The average Bonchev–Trinajstić information content (AvgIpc) is 3.17. The first-order valence-corrected chi connectivity index (χ1v) is 12.2. The lowest BCUT2D eigenvalue weighted by Crippen LogP contribution is -2.46. The summed E-state index contributed by atoms with van der Waals surface area (Å²) in [6.45, 7) is 4.31. The molecule has 0 atom stereocenters. The Morgan fingerprint density at radius 3 is 2.59 bits per heavy atom. The number of carbonyl (C=O) groups is 2. The molecule has 170 valence electrons. The molecule has 1 fully saturated rings. The number of rotatable bonds is 4. The molecule has 2 aromatic rings. The Morgan fingerprint density at radius 1 is 1.25 bits per heavy atom. The Morgan fingerprint density at radius 2 is 1.94 bits per heavy atom. The first-order chi connectivity index (χ1) is 15.0. The van der Waals surface area contributed by atoms with Gasteiger partial charge in [0.05, 0.1) is 17.4 Å². The Kier molecular flexibility index (Phi) is 5.68. The fourth-order valence-electron chi connectivity index (χ4n) is 4.30. The second-order valence-corrected chi connectivity index (χ2v) is 10.3. The molecule has 3 N–H and O–H groups in total. The Hall–Kier alpha value is -2.98. The first kappa shape index (κ1) is 22.2. The van der Waals surface area contributed by atoms with E-state index in [4.69, 9.17) is 0 Å². The molecule has 0 unspecified atom stereocenters. The van der Waals surface area contributed by atoms with Crippen molar-refractivity contribution in [2.24, 2.45) is 0 Å². The van der Waals surface area contributed by atoms with Crippen molar-refractivity contribution in [1.82, 2.24) is 14.6 Å². The van der Waals surface area contributed by atoms with Crippen LogP contribution in [0.4, 0.5) is 10.1 Å². The highest BCUT2D eigenvalue weighted by Gasteiger charge is 2.28. The van der Waals surface area contributed by atoms with Gasteiger partial charge in [0.1, 0.15) is 5.82 Å². The number of halogens is 1. The number of hydrogen-bond donors (Lipinski definition) is 3. The minimum atomic E-state index is -3.23. The topological polar surface area (TPSA) is 111 Å². The van der Waals surface area contributed by atoms with Gasteiger partial charge in [-0.05, 0) is 56.5 Å². The molecule has 3 heterocycles. The second kappa shape index (κ2) is 8.18. The third-order valence-corrected chi connectivity index (χ3v) is 7.32. The lowest BCUT2D eigenvalue weighted by molar-refractivity contribution is -0.110. The molecule has 0 saturated carbocycles. The van der Waals surface area contributed by atoms with Crippen LogP contribution in [-0.2, 0) is 14.8 Å². The number of carbonyl (C=O) groups excluding carboxylic acids is 2. The number of aromatic amines is 1. The highest BCUT2D eigenvalue weighted by atomic mass is 32.2. The van der Waals surface area contributed by atoms with Gasteiger partial charge in [0, 0.05) is 41.8 Å². The van der Waals surface area contributed by atoms with Gasteiger partial charge in [-0.3, -0.25) is 9.59 Å². The summed E-state index contributed by atoms with van der Waals surface area (Å²) in [6.07, 6.45) is 3.90. The number of benzene rings is 1. The Bertz CT molecular complexity index is 1240. The number of anilines is 1. The van der Waals surface area contributed by atoms with Crippen LogP contribution in [0.3, 0.4) is 0 Å². The number of amides is 2. The number of fused-ring (bicyclic) bond motifs is 1. The van der Waals surface area contributed by atoms with Gasteiger partial charge in [-0.15, -0.1) is 0 Å². The third kappa shape index (κ3) is 4.20. The van der Waals surface area contributed by atoms with Crippen molar-refractivity contribution in [1.29, 1.82) is 0 Å². The molecule has 1 aromatic carbocycles. The smallest absolute Gasteiger partial charge is 0.256 e. The number of hydrogen-bond acceptors (Lipinski definition) is 4. The van der Waals surface area contributed by atoms with Crippen LogP contribution < -0.4 is 10.6 Å². The van der Waals surface area contributed by atoms with Crippen molar-refractivity contribution in [3.8, 4) is 0 Å². The van der Waals surface area contributed by atoms with Crippen molar-refractivity contribution in [2.75, 3.05) is 24.7 Å². The number of aromatic nitrogens is 1. The Balaban J connectivity index is 1.54. The first-order valence-electron chi connectivity index (χ1n) is 10.3. The Labute approximate surface area is 185 Å². The summed E-state index contributed by atoms with van der Waals surface area (Å²) in [4.78, 5) is 28.5. The third-order valence-electron chi connectivity index (χ3n) is 6.01. The number of aryl methyl sites for hydroxylation is 1. The van der Waals surface area contributed by atoms with Crippen LogP contribution >= 0.6 is 0 Å². The van der Waals surface area contributed by atoms with Gasteiger partial charge < -0.3 is 15.6 Å². The van der Waals surface area contributed by atoms with Gasteiger partial charge in [0.2, 0.25) is 10.0 Å². The van der Waals surface area contributed by atoms with E-state index in [2.05, 4.69) is 15.6 Å². The van der Waals surface area contributed by atoms with Gasteiger partial charge >= 0.3 is 0 Å². The zero-order valence-electron chi connectivity index (χ0n) is 18.1. The van der Waals surface area contributed by atoms with Crippen molar-refractivity contribution < 1.29 is 22.4 Å². The molecule has 2 aliphatic rings. The molecular formula is C22H25FN4O4S. The standard InChI is InChI=1S/C22H25FN4O4S/c1-12-19(11-17-16-10-14(23)4-5-18(16)26-21(17)28)24-13(2)20(12)22(29)25-15-6-8-27(9-7-15)32(3,30)31/h4-5,10-11,15,24H,6-9H2,1-3H3,(H,25,29)(H,26,28)/b17-11-. The minimum Gasteiger partial charge on any atom is -0.358 e. The largest absolute Gasteiger partial charge is 0.358 e. The van der Waals surface area contributed by atoms with Crippen LogP contribution in [0.5, 0.6) is 0 Å². The molecule has 0 spiro atoms. The molecule has 2 amide bonds. The summed E-state index contributed by atoms with van der Waals surface area (Å²) in [5.41, 5.74) is 3.76. The van der Waals surface area contributed by atoms with E-state index in [0.717, 1.165) is 0 Å². The van der Waals surface area contributed by atoms with Crippen molar-refractivity contribution in [3.63, 3.8) is 0 Å². The summed E-state index contributed by atoms with van der Waals surface area (Å²) < 4.78 is 38.5. The average molecular weight is 461 g/mol. The van der Waals surface area contributed by atoms with Crippen LogP contribution in [0.15, 0.2) is 18.2 Å². The normalized spacial score (nSPS) is 18.6. The van der Waals surface area contributed by atoms with Gasteiger partial charge in [0.15, 0.2) is 0 Å². The zero-order valence-corrected chi connectivity index (χ0v) is 18.9. The van der Waals surface area contributed by atoms with Crippen LogP contribution in [-0.4, -0.2) is 54.9 Å². The van der Waals surface area contributed by atoms with E-state index in [9.17, 15) is 22.4 Å². The number of piperidine rings is 1. The predicted molar refractivity (Wildman–Crippen MR) is 120 cm³/mol. The summed E-state index contributed by atoms with van der Waals surface area (Å²) in [7, 11) is -3.23. The van der Waals surface area contributed by atoms with E-state index in [1.54, 1.807) is 19.9 Å². The van der Waals surface area contributed by atoms with E-state index in [1.165, 1.54) is 28.8 Å². The predicted octanol–water partition coefficient (Wildman–Crippen LogP) is 2.42. The molecular weight excluding hydrogens is 435 g/mol. The maximum Gasteiger partial charge on any atom is 0.256 e. The summed E-state index contributed by atoms with van der Waals surface area (Å²) in [5, 5.41) is 5.71. The molecule has 8 nitrogen and oxygen atoms in total. The highest BCUT2D eigenvalue weighted by Crippen LogP contribution is 2.34. The maximum atomic E-state index is 13.7. The van der Waals surface area contributed by atoms with E-state index in [-0.39, 0.29) is 17.9 Å². The summed E-state index contributed by atoms with van der Waals surface area (Å²) >= 11 is 0. The lowest BCUT2D eigenvalue weighted by atomic mass is 10.0. The number of nitrogens with one attached hydrogen (secondary N) is 3. The number of nitrogens with zero attached hydrogens (tertiary/aromatic N) is 1. The molecule has 10 heteroatoms. The van der Waals surface area contributed by atoms with Crippen LogP contribution in [0.1, 0.15) is 45.7 Å². The fraction of sp³-hybridized carbons (Fsp3) is 0.364.